The van der Waals surface area contributed by atoms with E-state index in [2.05, 4.69) is 10.2 Å². The number of nitrogens with one attached hydrogen (secondary N) is 1. The summed E-state index contributed by atoms with van der Waals surface area (Å²) >= 11 is 0. The van der Waals surface area contributed by atoms with Crippen LogP contribution in [0.25, 0.3) is 0 Å². The Labute approximate surface area is 107 Å². The molecule has 2 rings (SSSR count). The van der Waals surface area contributed by atoms with E-state index >= 15 is 0 Å². The third-order valence-electron chi connectivity index (χ3n) is 3.19. The van der Waals surface area contributed by atoms with Crippen LogP contribution < -0.4 is 5.32 Å². The molecule has 0 bridgehead atoms. The lowest BCUT2D eigenvalue weighted by molar-refractivity contribution is 0.0950. The number of hydrogen-bond donors (Lipinski definition) is 1. The summed E-state index contributed by atoms with van der Waals surface area (Å²) in [5.74, 6) is -0.0707. The molecule has 1 saturated heterocycles. The Balaban J connectivity index is 1.78. The van der Waals surface area contributed by atoms with E-state index in [1.807, 2.05) is 6.07 Å². The van der Waals surface area contributed by atoms with Gasteiger partial charge in [-0.05, 0) is 50.2 Å². The molecule has 1 aromatic rings. The van der Waals surface area contributed by atoms with Crippen molar-refractivity contribution in [3.05, 3.63) is 35.4 Å². The van der Waals surface area contributed by atoms with Crippen molar-refractivity contribution >= 4 is 5.91 Å². The highest BCUT2D eigenvalue weighted by atomic mass is 16.1. The van der Waals surface area contributed by atoms with Crippen molar-refractivity contribution in [1.82, 2.24) is 10.2 Å². The third-order valence-corrected chi connectivity index (χ3v) is 3.19. The molecule has 94 valence electrons. The van der Waals surface area contributed by atoms with Crippen molar-refractivity contribution in [2.75, 3.05) is 26.2 Å². The number of amides is 1. The highest BCUT2D eigenvalue weighted by Crippen LogP contribution is 2.06. The van der Waals surface area contributed by atoms with Crippen LogP contribution in [0.3, 0.4) is 0 Å². The van der Waals surface area contributed by atoms with Gasteiger partial charge < -0.3 is 10.2 Å². The van der Waals surface area contributed by atoms with Gasteiger partial charge >= 0.3 is 0 Å². The lowest BCUT2D eigenvalue weighted by Crippen LogP contribution is -2.33. The summed E-state index contributed by atoms with van der Waals surface area (Å²) < 4.78 is 0. The molecule has 0 atom stereocenters. The number of hydrogen-bond acceptors (Lipinski definition) is 3. The molecule has 1 amide bonds. The van der Waals surface area contributed by atoms with E-state index in [-0.39, 0.29) is 5.91 Å². The quantitative estimate of drug-likeness (QED) is 0.869. The monoisotopic (exact) mass is 243 g/mol. The molecule has 1 aliphatic heterocycles. The van der Waals surface area contributed by atoms with E-state index in [0.717, 1.165) is 19.6 Å². The zero-order valence-electron chi connectivity index (χ0n) is 10.4. The summed E-state index contributed by atoms with van der Waals surface area (Å²) in [6, 6.07) is 8.73. The van der Waals surface area contributed by atoms with Crippen molar-refractivity contribution in [3.8, 4) is 6.07 Å². The zero-order chi connectivity index (χ0) is 12.8. The number of carbonyl (C=O) groups is 1. The summed E-state index contributed by atoms with van der Waals surface area (Å²) in [5.41, 5.74) is 1.18. The number of nitrogens with zero attached hydrogens (tertiary/aromatic N) is 2. The van der Waals surface area contributed by atoms with Crippen molar-refractivity contribution in [1.29, 1.82) is 5.26 Å². The molecular formula is C14H17N3O. The van der Waals surface area contributed by atoms with Crippen LogP contribution in [0.4, 0.5) is 0 Å². The molecule has 0 aliphatic carbocycles. The van der Waals surface area contributed by atoms with Crippen molar-refractivity contribution in [2.45, 2.75) is 12.8 Å². The number of nitriles is 1. The van der Waals surface area contributed by atoms with Gasteiger partial charge in [0.15, 0.2) is 0 Å². The van der Waals surface area contributed by atoms with Gasteiger partial charge in [0, 0.05) is 18.7 Å². The second-order valence-electron chi connectivity index (χ2n) is 4.49. The van der Waals surface area contributed by atoms with Crippen LogP contribution in [0.15, 0.2) is 24.3 Å². The first kappa shape index (κ1) is 12.6. The minimum Gasteiger partial charge on any atom is -0.351 e. The first-order chi connectivity index (χ1) is 8.79. The summed E-state index contributed by atoms with van der Waals surface area (Å²) in [6.45, 7) is 3.89. The van der Waals surface area contributed by atoms with Crippen molar-refractivity contribution in [2.24, 2.45) is 0 Å². The topological polar surface area (TPSA) is 56.1 Å². The van der Waals surface area contributed by atoms with Crippen LogP contribution in [0.2, 0.25) is 0 Å². The summed E-state index contributed by atoms with van der Waals surface area (Å²) in [7, 11) is 0. The number of rotatable bonds is 4. The van der Waals surface area contributed by atoms with Gasteiger partial charge in [0.1, 0.15) is 0 Å². The summed E-state index contributed by atoms with van der Waals surface area (Å²) in [5, 5.41) is 11.6. The number of benzene rings is 1. The van der Waals surface area contributed by atoms with E-state index in [1.54, 1.807) is 24.3 Å². The van der Waals surface area contributed by atoms with E-state index in [1.165, 1.54) is 12.8 Å². The van der Waals surface area contributed by atoms with Gasteiger partial charge in [-0.25, -0.2) is 0 Å². The van der Waals surface area contributed by atoms with Crippen LogP contribution in [-0.4, -0.2) is 37.0 Å². The molecule has 18 heavy (non-hydrogen) atoms. The van der Waals surface area contributed by atoms with Gasteiger partial charge in [-0.2, -0.15) is 5.26 Å². The molecular weight excluding hydrogens is 226 g/mol. The van der Waals surface area contributed by atoms with Gasteiger partial charge in [0.25, 0.3) is 5.91 Å². The Morgan fingerprint density at radius 1 is 1.28 bits per heavy atom. The molecule has 1 aliphatic rings. The first-order valence-corrected chi connectivity index (χ1v) is 6.30. The summed E-state index contributed by atoms with van der Waals surface area (Å²) in [6.07, 6.45) is 2.53. The van der Waals surface area contributed by atoms with Crippen LogP contribution in [0.5, 0.6) is 0 Å². The maximum atomic E-state index is 11.8. The van der Waals surface area contributed by atoms with Crippen LogP contribution >= 0.6 is 0 Å². The predicted octanol–water partition coefficient (Wildman–Crippen LogP) is 1.38. The molecule has 4 heteroatoms. The van der Waals surface area contributed by atoms with Gasteiger partial charge in [-0.15, -0.1) is 0 Å². The van der Waals surface area contributed by atoms with Crippen molar-refractivity contribution < 1.29 is 4.79 Å². The summed E-state index contributed by atoms with van der Waals surface area (Å²) in [4.78, 5) is 14.2. The highest BCUT2D eigenvalue weighted by Gasteiger charge is 2.11. The molecule has 1 N–H and O–H groups in total. The highest BCUT2D eigenvalue weighted by molar-refractivity contribution is 5.94. The molecule has 1 fully saturated rings. The maximum absolute atomic E-state index is 11.8. The molecule has 1 aromatic carbocycles. The fourth-order valence-corrected chi connectivity index (χ4v) is 2.13. The van der Waals surface area contributed by atoms with E-state index in [0.29, 0.717) is 17.7 Å². The zero-order valence-corrected chi connectivity index (χ0v) is 10.4. The van der Waals surface area contributed by atoms with Gasteiger partial charge in [-0.1, -0.05) is 0 Å². The minimum atomic E-state index is -0.0707. The van der Waals surface area contributed by atoms with Crippen LogP contribution in [-0.2, 0) is 0 Å². The van der Waals surface area contributed by atoms with Crippen LogP contribution in [0.1, 0.15) is 28.8 Å². The van der Waals surface area contributed by atoms with Crippen LogP contribution in [0, 0.1) is 11.3 Å². The average Bonchev–Trinajstić information content (AvgIpc) is 2.92. The van der Waals surface area contributed by atoms with Gasteiger partial charge in [-0.3, -0.25) is 4.79 Å². The van der Waals surface area contributed by atoms with E-state index in [4.69, 9.17) is 5.26 Å². The first-order valence-electron chi connectivity index (χ1n) is 6.30. The SMILES string of the molecule is N#Cc1ccc(C(=O)NCCN2CCCC2)cc1. The fraction of sp³-hybridized carbons (Fsp3) is 0.429. The minimum absolute atomic E-state index is 0.0707. The van der Waals surface area contributed by atoms with Gasteiger partial charge in [0.05, 0.1) is 11.6 Å². The molecule has 0 unspecified atom stereocenters. The predicted molar refractivity (Wildman–Crippen MR) is 69.2 cm³/mol. The largest absolute Gasteiger partial charge is 0.351 e. The second kappa shape index (κ2) is 6.18. The lowest BCUT2D eigenvalue weighted by Gasteiger charge is -2.14. The Morgan fingerprint density at radius 2 is 1.94 bits per heavy atom. The standard InChI is InChI=1S/C14H17N3O/c15-11-12-3-5-13(6-4-12)14(18)16-7-10-17-8-1-2-9-17/h3-6H,1-2,7-10H2,(H,16,18). The van der Waals surface area contributed by atoms with Gasteiger partial charge in [0.2, 0.25) is 0 Å². The van der Waals surface area contributed by atoms with E-state index in [9.17, 15) is 4.79 Å². The van der Waals surface area contributed by atoms with E-state index < -0.39 is 0 Å². The fourth-order valence-electron chi connectivity index (χ4n) is 2.13. The average molecular weight is 243 g/mol. The third kappa shape index (κ3) is 3.31. The molecule has 4 nitrogen and oxygen atoms in total. The molecule has 0 spiro atoms. The molecule has 1 heterocycles. The normalized spacial score (nSPS) is 15.3. The Hall–Kier alpha value is -1.86. The Morgan fingerprint density at radius 3 is 2.56 bits per heavy atom. The molecule has 0 saturated carbocycles. The second-order valence-corrected chi connectivity index (χ2v) is 4.49. The number of carbonyl (C=O) groups excluding carboxylic acids is 1. The Bertz CT molecular complexity index is 441. The smallest absolute Gasteiger partial charge is 0.251 e. The Kier molecular flexibility index (Phi) is 4.32. The molecule has 0 aromatic heterocycles. The maximum Gasteiger partial charge on any atom is 0.251 e. The lowest BCUT2D eigenvalue weighted by atomic mass is 10.1. The van der Waals surface area contributed by atoms with Crippen molar-refractivity contribution in [3.63, 3.8) is 0 Å². The molecule has 0 radical (unpaired) electrons. The number of likely N-dealkylation sites (tertiary alicyclic amines) is 1.